The van der Waals surface area contributed by atoms with Crippen LogP contribution in [0, 0.1) is 5.92 Å². The SMILES string of the molecule is CCC(CC)C(NC(=O)[C@@H]1CC[C@H](C(=O)O)O1)c1cccs1. The molecule has 3 atom stereocenters. The van der Waals surface area contributed by atoms with Crippen molar-refractivity contribution < 1.29 is 19.4 Å². The van der Waals surface area contributed by atoms with Crippen LogP contribution < -0.4 is 5.32 Å². The quantitative estimate of drug-likeness (QED) is 0.808. The van der Waals surface area contributed by atoms with Gasteiger partial charge in [0.25, 0.3) is 0 Å². The molecule has 1 aliphatic rings. The van der Waals surface area contributed by atoms with E-state index in [9.17, 15) is 9.59 Å². The van der Waals surface area contributed by atoms with Gasteiger partial charge in [0, 0.05) is 4.88 Å². The number of ether oxygens (including phenoxy) is 1. The summed E-state index contributed by atoms with van der Waals surface area (Å²) in [5, 5.41) is 14.0. The van der Waals surface area contributed by atoms with Gasteiger partial charge in [0.2, 0.25) is 5.91 Å². The highest BCUT2D eigenvalue weighted by Crippen LogP contribution is 2.31. The Balaban J connectivity index is 2.04. The molecule has 1 saturated heterocycles. The lowest BCUT2D eigenvalue weighted by Crippen LogP contribution is -2.40. The molecule has 1 aromatic rings. The maximum atomic E-state index is 12.4. The third-order valence-electron chi connectivity index (χ3n) is 4.26. The summed E-state index contributed by atoms with van der Waals surface area (Å²) >= 11 is 1.63. The lowest BCUT2D eigenvalue weighted by molar-refractivity contribution is -0.152. The minimum atomic E-state index is -0.995. The molecule has 1 aliphatic heterocycles. The zero-order chi connectivity index (χ0) is 16.1. The lowest BCUT2D eigenvalue weighted by atomic mass is 9.92. The van der Waals surface area contributed by atoms with Gasteiger partial charge in [0.15, 0.2) is 6.10 Å². The maximum Gasteiger partial charge on any atom is 0.332 e. The van der Waals surface area contributed by atoms with E-state index in [1.54, 1.807) is 11.3 Å². The van der Waals surface area contributed by atoms with Crippen LogP contribution in [0.1, 0.15) is 50.4 Å². The summed E-state index contributed by atoms with van der Waals surface area (Å²) in [4.78, 5) is 24.5. The molecule has 1 fully saturated rings. The predicted molar refractivity (Wildman–Crippen MR) is 84.8 cm³/mol. The van der Waals surface area contributed by atoms with Crippen molar-refractivity contribution in [2.24, 2.45) is 5.92 Å². The van der Waals surface area contributed by atoms with E-state index in [1.807, 2.05) is 17.5 Å². The van der Waals surface area contributed by atoms with Gasteiger partial charge in [0.05, 0.1) is 6.04 Å². The fraction of sp³-hybridized carbons (Fsp3) is 0.625. The van der Waals surface area contributed by atoms with E-state index < -0.39 is 18.2 Å². The van der Waals surface area contributed by atoms with Gasteiger partial charge in [-0.15, -0.1) is 11.3 Å². The highest BCUT2D eigenvalue weighted by Gasteiger charge is 2.36. The van der Waals surface area contributed by atoms with Crippen LogP contribution in [0.5, 0.6) is 0 Å². The van der Waals surface area contributed by atoms with Crippen molar-refractivity contribution in [2.75, 3.05) is 0 Å². The molecule has 2 heterocycles. The van der Waals surface area contributed by atoms with Crippen LogP contribution in [0.2, 0.25) is 0 Å². The van der Waals surface area contributed by atoms with Crippen LogP contribution in [0.4, 0.5) is 0 Å². The van der Waals surface area contributed by atoms with Gasteiger partial charge in [-0.1, -0.05) is 32.8 Å². The normalized spacial score (nSPS) is 22.7. The number of nitrogens with one attached hydrogen (secondary N) is 1. The molecule has 0 bridgehead atoms. The van der Waals surface area contributed by atoms with Crippen molar-refractivity contribution in [1.82, 2.24) is 5.32 Å². The molecule has 1 aromatic heterocycles. The average Bonchev–Trinajstić information content (AvgIpc) is 3.18. The Kier molecular flexibility index (Phi) is 5.97. The Labute approximate surface area is 134 Å². The molecule has 6 heteroatoms. The number of hydrogen-bond acceptors (Lipinski definition) is 4. The number of amides is 1. The number of carbonyl (C=O) groups is 2. The number of carbonyl (C=O) groups excluding carboxylic acids is 1. The van der Waals surface area contributed by atoms with Gasteiger partial charge in [-0.25, -0.2) is 4.79 Å². The van der Waals surface area contributed by atoms with Crippen LogP contribution in [-0.4, -0.2) is 29.2 Å². The molecular weight excluding hydrogens is 302 g/mol. The summed E-state index contributed by atoms with van der Waals surface area (Å²) in [5.41, 5.74) is 0. The second-order valence-corrected chi connectivity index (χ2v) is 6.59. The number of rotatable bonds is 7. The Morgan fingerprint density at radius 2 is 2.05 bits per heavy atom. The predicted octanol–water partition coefficient (Wildman–Crippen LogP) is 2.97. The van der Waals surface area contributed by atoms with E-state index in [0.29, 0.717) is 18.8 Å². The van der Waals surface area contributed by atoms with E-state index in [0.717, 1.165) is 17.7 Å². The lowest BCUT2D eigenvalue weighted by Gasteiger charge is -2.26. The van der Waals surface area contributed by atoms with Crippen molar-refractivity contribution in [3.8, 4) is 0 Å². The fourth-order valence-corrected chi connectivity index (χ4v) is 3.78. The van der Waals surface area contributed by atoms with Crippen LogP contribution >= 0.6 is 11.3 Å². The second-order valence-electron chi connectivity index (χ2n) is 5.61. The molecule has 0 aliphatic carbocycles. The first-order valence-electron chi connectivity index (χ1n) is 7.78. The van der Waals surface area contributed by atoms with Crippen LogP contribution in [0.3, 0.4) is 0 Å². The fourth-order valence-electron chi connectivity index (χ4n) is 2.91. The zero-order valence-electron chi connectivity index (χ0n) is 13.0. The second kappa shape index (κ2) is 7.74. The topological polar surface area (TPSA) is 75.6 Å². The van der Waals surface area contributed by atoms with E-state index in [2.05, 4.69) is 19.2 Å². The van der Waals surface area contributed by atoms with Gasteiger partial charge in [0.1, 0.15) is 6.10 Å². The van der Waals surface area contributed by atoms with Crippen LogP contribution in [0.15, 0.2) is 17.5 Å². The van der Waals surface area contributed by atoms with E-state index in [4.69, 9.17) is 9.84 Å². The highest BCUT2D eigenvalue weighted by molar-refractivity contribution is 7.10. The molecule has 0 radical (unpaired) electrons. The van der Waals surface area contributed by atoms with Gasteiger partial charge in [-0.05, 0) is 30.2 Å². The smallest absolute Gasteiger partial charge is 0.332 e. The molecule has 1 unspecified atom stereocenters. The molecule has 2 N–H and O–H groups in total. The molecule has 2 rings (SSSR count). The first-order valence-corrected chi connectivity index (χ1v) is 8.66. The van der Waals surface area contributed by atoms with Gasteiger partial charge < -0.3 is 15.2 Å². The first-order chi connectivity index (χ1) is 10.6. The van der Waals surface area contributed by atoms with Gasteiger partial charge in [-0.2, -0.15) is 0 Å². The van der Waals surface area contributed by atoms with Gasteiger partial charge >= 0.3 is 5.97 Å². The summed E-state index contributed by atoms with van der Waals surface area (Å²) in [6, 6.07) is 3.98. The highest BCUT2D eigenvalue weighted by atomic mass is 32.1. The number of carboxylic acids is 1. The number of carboxylic acid groups (broad SMARTS) is 1. The maximum absolute atomic E-state index is 12.4. The Morgan fingerprint density at radius 1 is 1.36 bits per heavy atom. The van der Waals surface area contributed by atoms with E-state index in [1.165, 1.54) is 0 Å². The van der Waals surface area contributed by atoms with Crippen molar-refractivity contribution in [3.05, 3.63) is 22.4 Å². The van der Waals surface area contributed by atoms with Crippen molar-refractivity contribution in [2.45, 2.75) is 57.8 Å². The van der Waals surface area contributed by atoms with E-state index in [-0.39, 0.29) is 11.9 Å². The molecule has 22 heavy (non-hydrogen) atoms. The molecule has 1 amide bonds. The average molecular weight is 325 g/mol. The summed E-state index contributed by atoms with van der Waals surface area (Å²) in [6.07, 6.45) is 1.29. The molecule has 0 saturated carbocycles. The molecule has 0 spiro atoms. The number of hydrogen-bond donors (Lipinski definition) is 2. The Morgan fingerprint density at radius 3 is 2.55 bits per heavy atom. The summed E-state index contributed by atoms with van der Waals surface area (Å²) in [5.74, 6) is -0.835. The van der Waals surface area contributed by atoms with Crippen molar-refractivity contribution >= 4 is 23.2 Å². The summed E-state index contributed by atoms with van der Waals surface area (Å²) < 4.78 is 5.34. The number of thiophene rings is 1. The van der Waals surface area contributed by atoms with Gasteiger partial charge in [-0.3, -0.25) is 4.79 Å². The summed E-state index contributed by atoms with van der Waals surface area (Å²) in [6.45, 7) is 4.24. The number of aliphatic carboxylic acids is 1. The van der Waals surface area contributed by atoms with Crippen LogP contribution in [-0.2, 0) is 14.3 Å². The first kappa shape index (κ1) is 17.0. The van der Waals surface area contributed by atoms with Crippen LogP contribution in [0.25, 0.3) is 0 Å². The molecule has 5 nitrogen and oxygen atoms in total. The Hall–Kier alpha value is -1.40. The minimum Gasteiger partial charge on any atom is -0.479 e. The van der Waals surface area contributed by atoms with Crippen molar-refractivity contribution in [3.63, 3.8) is 0 Å². The Bertz CT molecular complexity index is 498. The molecular formula is C16H23NO4S. The zero-order valence-corrected chi connectivity index (χ0v) is 13.8. The third-order valence-corrected chi connectivity index (χ3v) is 5.21. The summed E-state index contributed by atoms with van der Waals surface area (Å²) in [7, 11) is 0. The largest absolute Gasteiger partial charge is 0.479 e. The molecule has 122 valence electrons. The van der Waals surface area contributed by atoms with E-state index >= 15 is 0 Å². The standard InChI is InChI=1S/C16H23NO4S/c1-3-10(4-2)14(13-6-5-9-22-13)17-15(18)11-7-8-12(21-11)16(19)20/h5-6,9-12,14H,3-4,7-8H2,1-2H3,(H,17,18)(H,19,20)/t11-,12+,14?/m0/s1. The van der Waals surface area contributed by atoms with Crippen molar-refractivity contribution in [1.29, 1.82) is 0 Å². The third kappa shape index (κ3) is 3.87. The minimum absolute atomic E-state index is 0.0324. The monoisotopic (exact) mass is 325 g/mol. The molecule has 0 aromatic carbocycles.